The van der Waals surface area contributed by atoms with Crippen LogP contribution >= 0.6 is 30.1 Å². The van der Waals surface area contributed by atoms with Crippen LogP contribution in [0.5, 0.6) is 0 Å². The van der Waals surface area contributed by atoms with Crippen LogP contribution in [0, 0.1) is 11.8 Å². The van der Waals surface area contributed by atoms with E-state index in [9.17, 15) is 14.4 Å². The molecule has 110 valence electrons. The number of nitrogens with zero attached hydrogens (tertiary/aromatic N) is 1. The molecule has 1 atom stereocenters. The molecule has 0 aromatic heterocycles. The van der Waals surface area contributed by atoms with Gasteiger partial charge in [-0.2, -0.15) is 0 Å². The number of hydrogen-bond donors (Lipinski definition) is 0. The van der Waals surface area contributed by atoms with E-state index in [4.69, 9.17) is 0 Å². The average molecular weight is 514 g/mol. The molecule has 1 aliphatic carbocycles. The Hall–Kier alpha value is 0.689. The summed E-state index contributed by atoms with van der Waals surface area (Å²) in [5, 5.41) is -0.187. The number of carbonyl (C=O) groups is 3. The summed E-state index contributed by atoms with van der Waals surface area (Å²) in [7, 11) is 1.44. The van der Waals surface area contributed by atoms with Crippen molar-refractivity contribution < 1.29 is 14.4 Å². The monoisotopic (exact) mass is 515 g/mol. The van der Waals surface area contributed by atoms with Gasteiger partial charge in [0, 0.05) is 0 Å². The summed E-state index contributed by atoms with van der Waals surface area (Å²) >= 11 is 1.30. The first-order valence-corrected chi connectivity index (χ1v) is 14.6. The minimum atomic E-state index is -0.790. The van der Waals surface area contributed by atoms with Crippen molar-refractivity contribution in [3.05, 3.63) is 0 Å². The second-order valence-electron chi connectivity index (χ2n) is 5.46. The number of likely N-dealkylation sites (tertiary alicyclic amines) is 1. The average Bonchev–Trinajstić information content (AvgIpc) is 2.74. The van der Waals surface area contributed by atoms with Gasteiger partial charge in [0.05, 0.1) is 0 Å². The van der Waals surface area contributed by atoms with Gasteiger partial charge in [-0.15, -0.1) is 0 Å². The van der Waals surface area contributed by atoms with E-state index in [0.717, 1.165) is 25.7 Å². The molecule has 4 nitrogen and oxygen atoms in total. The Labute approximate surface area is 146 Å². The third-order valence-electron chi connectivity index (χ3n) is 4.21. The number of hydrogen-bond acceptors (Lipinski definition) is 4. The third kappa shape index (κ3) is 3.91. The summed E-state index contributed by atoms with van der Waals surface area (Å²) in [5.41, 5.74) is 0. The van der Waals surface area contributed by atoms with E-state index in [-0.39, 0.29) is 23.0 Å². The van der Waals surface area contributed by atoms with Gasteiger partial charge in [-0.1, -0.05) is 0 Å². The van der Waals surface area contributed by atoms with Crippen molar-refractivity contribution in [2.24, 2.45) is 11.8 Å². The van der Waals surface area contributed by atoms with Crippen molar-refractivity contribution >= 4 is 66.9 Å². The van der Waals surface area contributed by atoms with E-state index in [1.807, 2.05) is 0 Å². The Morgan fingerprint density at radius 3 is 2.50 bits per heavy atom. The zero-order valence-corrected chi connectivity index (χ0v) is 17.3. The standard InChI is InChI=1S/C12H15INO3S.CH3.Sn/c13-18-10-5-11(16)14(12(10)17)6-8-1-3-9(7-15)4-2-8;;/h8-10H,1-6H2;1H3;. The van der Waals surface area contributed by atoms with Gasteiger partial charge < -0.3 is 0 Å². The molecule has 1 unspecified atom stereocenters. The van der Waals surface area contributed by atoms with E-state index in [1.54, 1.807) is 0 Å². The minimum absolute atomic E-state index is 0.0183. The van der Waals surface area contributed by atoms with Crippen molar-refractivity contribution in [3.8, 4) is 0 Å². The van der Waals surface area contributed by atoms with Crippen molar-refractivity contribution in [2.75, 3.05) is 6.54 Å². The van der Waals surface area contributed by atoms with Crippen LogP contribution < -0.4 is 0 Å². The molecule has 2 aliphatic rings. The van der Waals surface area contributed by atoms with Gasteiger partial charge in [-0.25, -0.2) is 0 Å². The molecule has 0 bridgehead atoms. The van der Waals surface area contributed by atoms with Crippen molar-refractivity contribution in [1.29, 1.82) is 0 Å². The number of imide groups is 1. The van der Waals surface area contributed by atoms with Gasteiger partial charge in [0.2, 0.25) is 0 Å². The molecular formula is C13H18INO3SSn. The van der Waals surface area contributed by atoms with E-state index >= 15 is 0 Å². The van der Waals surface area contributed by atoms with Crippen LogP contribution in [0.2, 0.25) is 4.94 Å². The second kappa shape index (κ2) is 7.80. The molecule has 1 saturated carbocycles. The van der Waals surface area contributed by atoms with Gasteiger partial charge in [-0.3, -0.25) is 0 Å². The van der Waals surface area contributed by atoms with Gasteiger partial charge in [0.25, 0.3) is 0 Å². The Balaban J connectivity index is 1.85. The Morgan fingerprint density at radius 2 is 2.00 bits per heavy atom. The first-order valence-electron chi connectivity index (χ1n) is 6.90. The van der Waals surface area contributed by atoms with Gasteiger partial charge in [-0.05, 0) is 0 Å². The van der Waals surface area contributed by atoms with Crippen LogP contribution in [0.25, 0.3) is 0 Å². The summed E-state index contributed by atoms with van der Waals surface area (Å²) in [5.74, 6) is 0.637. The molecule has 20 heavy (non-hydrogen) atoms. The maximum atomic E-state index is 12.1. The zero-order chi connectivity index (χ0) is 14.7. The summed E-state index contributed by atoms with van der Waals surface area (Å²) in [6.45, 7) is 0.568. The molecule has 0 aromatic carbocycles. The number of rotatable bonds is 5. The quantitative estimate of drug-likeness (QED) is 0.322. The summed E-state index contributed by atoms with van der Waals surface area (Å²) < 4.78 is 0.529. The summed E-state index contributed by atoms with van der Waals surface area (Å²) in [4.78, 5) is 39.3. The van der Waals surface area contributed by atoms with Crippen LogP contribution in [0.1, 0.15) is 32.1 Å². The molecule has 0 N–H and O–H groups in total. The molecular weight excluding hydrogens is 496 g/mol. The summed E-state index contributed by atoms with van der Waals surface area (Å²) in [6, 6.07) is 0. The normalized spacial score (nSPS) is 30.9. The molecule has 0 aromatic rings. The fourth-order valence-electron chi connectivity index (χ4n) is 2.98. The van der Waals surface area contributed by atoms with Gasteiger partial charge >= 0.3 is 147 Å². The van der Waals surface area contributed by atoms with E-state index < -0.39 is 21.1 Å². The van der Waals surface area contributed by atoms with Crippen LogP contribution in [0.15, 0.2) is 0 Å². The second-order valence-corrected chi connectivity index (χ2v) is 10.6. The first-order chi connectivity index (χ1) is 9.56. The fraction of sp³-hybridized carbons (Fsp3) is 0.769. The van der Waals surface area contributed by atoms with Crippen LogP contribution in [-0.2, 0) is 14.4 Å². The molecule has 0 spiro atoms. The molecule has 2 fully saturated rings. The Bertz CT molecular complexity index is 412. The Kier molecular flexibility index (Phi) is 6.65. The number of halogens is 1. The predicted molar refractivity (Wildman–Crippen MR) is 88.8 cm³/mol. The molecule has 1 heterocycles. The van der Waals surface area contributed by atoms with E-state index in [0.29, 0.717) is 22.7 Å². The fourth-order valence-corrected chi connectivity index (χ4v) is 6.57. The predicted octanol–water partition coefficient (Wildman–Crippen LogP) is 2.28. The topological polar surface area (TPSA) is 54.5 Å². The summed E-state index contributed by atoms with van der Waals surface area (Å²) in [6.07, 6.45) is 4.23. The van der Waals surface area contributed by atoms with Crippen LogP contribution in [0.3, 0.4) is 0 Å². The van der Waals surface area contributed by atoms with Crippen LogP contribution in [-0.4, -0.2) is 53.5 Å². The maximum absolute atomic E-state index is 12.1. The zero-order valence-electron chi connectivity index (χ0n) is 11.4. The molecule has 2 amide bonds. The van der Waals surface area contributed by atoms with Crippen molar-refractivity contribution in [3.63, 3.8) is 0 Å². The molecule has 1 aliphatic heterocycles. The Morgan fingerprint density at radius 1 is 1.35 bits per heavy atom. The van der Waals surface area contributed by atoms with Gasteiger partial charge in [0.15, 0.2) is 0 Å². The van der Waals surface area contributed by atoms with Crippen LogP contribution in [0.4, 0.5) is 0 Å². The molecule has 2 radical (unpaired) electrons. The molecule has 7 heteroatoms. The van der Waals surface area contributed by atoms with Crippen molar-refractivity contribution in [2.45, 2.75) is 42.3 Å². The number of carbonyl (C=O) groups excluding carboxylic acids is 3. The molecule has 2 rings (SSSR count). The van der Waals surface area contributed by atoms with E-state index in [2.05, 4.69) is 26.1 Å². The SMILES string of the molecule is [CH3][Sn][C](=O)C1CCC(CN2C(=O)CC(SI)C2=O)CC1. The van der Waals surface area contributed by atoms with Crippen molar-refractivity contribution in [1.82, 2.24) is 4.90 Å². The molecule has 1 saturated heterocycles. The number of amides is 2. The van der Waals surface area contributed by atoms with Gasteiger partial charge in [0.1, 0.15) is 0 Å². The first kappa shape index (κ1) is 17.0. The third-order valence-corrected chi connectivity index (χ3v) is 9.21. The van der Waals surface area contributed by atoms with E-state index in [1.165, 1.54) is 13.8 Å².